The Morgan fingerprint density at radius 1 is 1.32 bits per heavy atom. The van der Waals surface area contributed by atoms with E-state index in [9.17, 15) is 14.9 Å². The number of aromatic nitrogens is 1. The highest BCUT2D eigenvalue weighted by molar-refractivity contribution is 5.33. The van der Waals surface area contributed by atoms with Gasteiger partial charge in [-0.05, 0) is 17.7 Å². The van der Waals surface area contributed by atoms with Crippen molar-refractivity contribution in [3.8, 4) is 6.07 Å². The van der Waals surface area contributed by atoms with Crippen molar-refractivity contribution >= 4 is 5.69 Å². The van der Waals surface area contributed by atoms with Gasteiger partial charge in [0.1, 0.15) is 0 Å². The van der Waals surface area contributed by atoms with Crippen LogP contribution in [-0.2, 0) is 6.54 Å². The molecule has 0 unspecified atom stereocenters. The number of hydrogen-bond acceptors (Lipinski definition) is 4. The number of nitro groups is 1. The van der Waals surface area contributed by atoms with Crippen molar-refractivity contribution < 1.29 is 4.92 Å². The fourth-order valence-corrected chi connectivity index (χ4v) is 1.69. The number of nitriles is 1. The Kier molecular flexibility index (Phi) is 3.39. The van der Waals surface area contributed by atoms with E-state index in [0.717, 1.165) is 11.6 Å². The molecule has 0 aliphatic heterocycles. The molecule has 0 aliphatic carbocycles. The molecule has 1 aromatic carbocycles. The van der Waals surface area contributed by atoms with Crippen LogP contribution in [0.2, 0.25) is 0 Å². The molecule has 0 N–H and O–H groups in total. The highest BCUT2D eigenvalue weighted by atomic mass is 16.6. The van der Waals surface area contributed by atoms with Crippen molar-refractivity contribution in [3.63, 3.8) is 0 Å². The summed E-state index contributed by atoms with van der Waals surface area (Å²) in [6.45, 7) is 0.191. The van der Waals surface area contributed by atoms with E-state index in [1.54, 1.807) is 24.3 Å². The minimum absolute atomic E-state index is 0.143. The van der Waals surface area contributed by atoms with Crippen molar-refractivity contribution in [2.24, 2.45) is 0 Å². The van der Waals surface area contributed by atoms with Crippen molar-refractivity contribution in [1.29, 1.82) is 5.26 Å². The second-order valence-corrected chi connectivity index (χ2v) is 3.92. The maximum atomic E-state index is 11.6. The van der Waals surface area contributed by atoms with Gasteiger partial charge in [0, 0.05) is 12.1 Å². The third-order valence-corrected chi connectivity index (χ3v) is 2.59. The van der Waals surface area contributed by atoms with Gasteiger partial charge in [0.2, 0.25) is 0 Å². The molecule has 94 valence electrons. The summed E-state index contributed by atoms with van der Waals surface area (Å²) in [7, 11) is 0. The van der Waals surface area contributed by atoms with Crippen LogP contribution in [0.4, 0.5) is 5.69 Å². The molecule has 19 heavy (non-hydrogen) atoms. The van der Waals surface area contributed by atoms with Crippen LogP contribution in [0, 0.1) is 21.4 Å². The van der Waals surface area contributed by atoms with Crippen LogP contribution in [0.3, 0.4) is 0 Å². The van der Waals surface area contributed by atoms with Gasteiger partial charge < -0.3 is 4.57 Å². The third-order valence-electron chi connectivity index (χ3n) is 2.59. The molecule has 0 saturated carbocycles. The second kappa shape index (κ2) is 5.14. The van der Waals surface area contributed by atoms with Gasteiger partial charge in [-0.3, -0.25) is 14.9 Å². The van der Waals surface area contributed by atoms with E-state index >= 15 is 0 Å². The van der Waals surface area contributed by atoms with Gasteiger partial charge in [0.15, 0.2) is 0 Å². The molecule has 2 aromatic rings. The van der Waals surface area contributed by atoms with Crippen molar-refractivity contribution in [2.45, 2.75) is 6.54 Å². The molecule has 0 bridgehead atoms. The Labute approximate surface area is 108 Å². The average molecular weight is 255 g/mol. The number of pyridine rings is 1. The van der Waals surface area contributed by atoms with Crippen LogP contribution in [-0.4, -0.2) is 9.49 Å². The standard InChI is InChI=1S/C13H9N3O3/c14-7-10-2-1-3-11(6-10)8-15-9-12(16(18)19)4-5-13(15)17/h1-6,9H,8H2. The van der Waals surface area contributed by atoms with Gasteiger partial charge in [-0.2, -0.15) is 5.26 Å². The van der Waals surface area contributed by atoms with E-state index in [1.807, 2.05) is 6.07 Å². The summed E-state index contributed by atoms with van der Waals surface area (Å²) >= 11 is 0. The number of nitrogens with zero attached hydrogens (tertiary/aromatic N) is 3. The molecule has 0 aliphatic rings. The smallest absolute Gasteiger partial charge is 0.285 e. The van der Waals surface area contributed by atoms with Crippen LogP contribution in [0.25, 0.3) is 0 Å². The van der Waals surface area contributed by atoms with E-state index in [1.165, 1.54) is 16.8 Å². The number of rotatable bonds is 3. The minimum Gasteiger partial charge on any atom is -0.304 e. The summed E-state index contributed by atoms with van der Waals surface area (Å²) < 4.78 is 1.24. The summed E-state index contributed by atoms with van der Waals surface area (Å²) in [5.41, 5.74) is 0.752. The topological polar surface area (TPSA) is 88.9 Å². The molecule has 6 nitrogen and oxygen atoms in total. The molecular formula is C13H9N3O3. The zero-order valence-corrected chi connectivity index (χ0v) is 9.81. The van der Waals surface area contributed by atoms with Crippen molar-refractivity contribution in [1.82, 2.24) is 4.57 Å². The first-order valence-electron chi connectivity index (χ1n) is 5.44. The molecular weight excluding hydrogens is 246 g/mol. The van der Waals surface area contributed by atoms with E-state index in [0.29, 0.717) is 5.56 Å². The van der Waals surface area contributed by atoms with Gasteiger partial charge in [-0.25, -0.2) is 0 Å². The van der Waals surface area contributed by atoms with E-state index < -0.39 is 4.92 Å². The zero-order chi connectivity index (χ0) is 13.8. The maximum Gasteiger partial charge on any atom is 0.285 e. The van der Waals surface area contributed by atoms with Crippen LogP contribution in [0.5, 0.6) is 0 Å². The predicted octanol–water partition coefficient (Wildman–Crippen LogP) is 1.68. The van der Waals surface area contributed by atoms with E-state index in [4.69, 9.17) is 5.26 Å². The van der Waals surface area contributed by atoms with Crippen molar-refractivity contribution in [2.75, 3.05) is 0 Å². The SMILES string of the molecule is N#Cc1cccc(Cn2cc([N+](=O)[O-])ccc2=O)c1. The maximum absolute atomic E-state index is 11.6. The second-order valence-electron chi connectivity index (χ2n) is 3.92. The molecule has 1 aromatic heterocycles. The lowest BCUT2D eigenvalue weighted by atomic mass is 10.1. The normalized spacial score (nSPS) is 9.84. The van der Waals surface area contributed by atoms with Gasteiger partial charge in [-0.15, -0.1) is 0 Å². The molecule has 0 atom stereocenters. The molecule has 0 radical (unpaired) electrons. The third kappa shape index (κ3) is 2.84. The highest BCUT2D eigenvalue weighted by Gasteiger charge is 2.08. The number of hydrogen-bond donors (Lipinski definition) is 0. The van der Waals surface area contributed by atoms with Gasteiger partial charge in [0.25, 0.3) is 11.2 Å². The Morgan fingerprint density at radius 2 is 2.11 bits per heavy atom. The lowest BCUT2D eigenvalue weighted by molar-refractivity contribution is -0.385. The first-order valence-corrected chi connectivity index (χ1v) is 5.44. The molecule has 0 fully saturated rings. The number of benzene rings is 1. The van der Waals surface area contributed by atoms with E-state index in [-0.39, 0.29) is 17.8 Å². The van der Waals surface area contributed by atoms with Crippen LogP contribution < -0.4 is 5.56 Å². The summed E-state index contributed by atoms with van der Waals surface area (Å²) in [4.78, 5) is 21.7. The first-order chi connectivity index (χ1) is 9.10. The Bertz CT molecular complexity index is 728. The molecule has 1 heterocycles. The molecule has 0 spiro atoms. The average Bonchev–Trinajstić information content (AvgIpc) is 2.41. The van der Waals surface area contributed by atoms with Crippen LogP contribution >= 0.6 is 0 Å². The summed E-state index contributed by atoms with van der Waals surface area (Å²) in [6.07, 6.45) is 1.20. The highest BCUT2D eigenvalue weighted by Crippen LogP contribution is 2.09. The summed E-state index contributed by atoms with van der Waals surface area (Å²) in [5.74, 6) is 0. The lowest BCUT2D eigenvalue weighted by Crippen LogP contribution is -2.19. The minimum atomic E-state index is -0.554. The molecule has 0 amide bonds. The van der Waals surface area contributed by atoms with Gasteiger partial charge >= 0.3 is 0 Å². The Balaban J connectivity index is 2.37. The van der Waals surface area contributed by atoms with Gasteiger partial charge in [-0.1, -0.05) is 12.1 Å². The van der Waals surface area contributed by atoms with E-state index in [2.05, 4.69) is 0 Å². The van der Waals surface area contributed by atoms with Gasteiger partial charge in [0.05, 0.1) is 29.3 Å². The van der Waals surface area contributed by atoms with Crippen molar-refractivity contribution in [3.05, 3.63) is 74.2 Å². The predicted molar refractivity (Wildman–Crippen MR) is 67.6 cm³/mol. The fourth-order valence-electron chi connectivity index (χ4n) is 1.69. The monoisotopic (exact) mass is 255 g/mol. The van der Waals surface area contributed by atoms with Crippen LogP contribution in [0.15, 0.2) is 47.4 Å². The summed E-state index contributed by atoms with van der Waals surface area (Å²) in [5, 5.41) is 19.5. The van der Waals surface area contributed by atoms with Crippen LogP contribution in [0.1, 0.15) is 11.1 Å². The lowest BCUT2D eigenvalue weighted by Gasteiger charge is -2.05. The first kappa shape index (κ1) is 12.5. The summed E-state index contributed by atoms with van der Waals surface area (Å²) in [6, 6.07) is 11.1. The quantitative estimate of drug-likeness (QED) is 0.616. The molecule has 0 saturated heterocycles. The zero-order valence-electron chi connectivity index (χ0n) is 9.81. The molecule has 2 rings (SSSR count). The molecule has 6 heteroatoms. The fraction of sp³-hybridized carbons (Fsp3) is 0.0769. The Morgan fingerprint density at radius 3 is 2.79 bits per heavy atom. The Hall–Kier alpha value is -2.94. The largest absolute Gasteiger partial charge is 0.304 e.